The third-order valence-electron chi connectivity index (χ3n) is 6.26. The van der Waals surface area contributed by atoms with Gasteiger partial charge in [-0.3, -0.25) is 0 Å². The molecule has 6 rings (SSSR count). The van der Waals surface area contributed by atoms with Crippen LogP contribution < -0.4 is 14.8 Å². The molecule has 0 bridgehead atoms. The van der Waals surface area contributed by atoms with Crippen LogP contribution in [0.15, 0.2) is 30.7 Å². The molecule has 1 saturated carbocycles. The van der Waals surface area contributed by atoms with Crippen LogP contribution in [-0.2, 0) is 6.54 Å². The van der Waals surface area contributed by atoms with E-state index in [0.29, 0.717) is 34.4 Å². The van der Waals surface area contributed by atoms with Crippen LogP contribution in [0.1, 0.15) is 36.1 Å². The van der Waals surface area contributed by atoms with E-state index in [-0.39, 0.29) is 11.7 Å². The second-order valence-electron chi connectivity index (χ2n) is 9.16. The smallest absolute Gasteiger partial charge is 0.245 e. The number of hydrogen-bond acceptors (Lipinski definition) is 8. The van der Waals surface area contributed by atoms with E-state index in [1.165, 1.54) is 6.33 Å². The minimum atomic E-state index is -0.177. The molecule has 2 aliphatic rings. The minimum absolute atomic E-state index is 0.165. The zero-order valence-electron chi connectivity index (χ0n) is 19.0. The van der Waals surface area contributed by atoms with Crippen LogP contribution in [0.4, 0.5) is 0 Å². The lowest BCUT2D eigenvalue weighted by Gasteiger charge is -2.14. The number of nitrogens with one attached hydrogen (secondary N) is 1. The lowest BCUT2D eigenvalue weighted by atomic mass is 10.2. The quantitative estimate of drug-likeness (QED) is 0.399. The Bertz CT molecular complexity index is 1360. The lowest BCUT2D eigenvalue weighted by molar-refractivity contribution is 0.194. The molecule has 1 saturated heterocycles. The van der Waals surface area contributed by atoms with Crippen molar-refractivity contribution < 1.29 is 9.47 Å². The van der Waals surface area contributed by atoms with E-state index >= 15 is 0 Å². The maximum absolute atomic E-state index is 6.78. The molecule has 1 atom stereocenters. The molecule has 4 aromatic rings. The highest BCUT2D eigenvalue weighted by Gasteiger charge is 2.41. The summed E-state index contributed by atoms with van der Waals surface area (Å²) in [7, 11) is 0. The number of rotatable bonds is 7. The summed E-state index contributed by atoms with van der Waals surface area (Å²) in [6.07, 6.45) is 6.59. The molecule has 4 heterocycles. The largest absolute Gasteiger partial charge is 0.489 e. The Labute approximate surface area is 206 Å². The highest BCUT2D eigenvalue weighted by Crippen LogP contribution is 2.41. The van der Waals surface area contributed by atoms with Gasteiger partial charge in [-0.05, 0) is 57.9 Å². The number of thiazole rings is 1. The Balaban J connectivity index is 1.43. The van der Waals surface area contributed by atoms with Crippen LogP contribution in [0.3, 0.4) is 0 Å². The summed E-state index contributed by atoms with van der Waals surface area (Å²) in [6.45, 7) is 6.49. The van der Waals surface area contributed by atoms with Gasteiger partial charge in [-0.25, -0.2) is 15.0 Å². The van der Waals surface area contributed by atoms with Gasteiger partial charge in [0, 0.05) is 23.2 Å². The van der Waals surface area contributed by atoms with E-state index in [9.17, 15) is 0 Å². The Morgan fingerprint density at radius 3 is 2.85 bits per heavy atom. The fraction of sp³-hybridized carbons (Fsp3) is 0.417. The molecule has 1 aromatic carbocycles. The van der Waals surface area contributed by atoms with E-state index in [0.717, 1.165) is 53.5 Å². The first-order chi connectivity index (χ1) is 16.5. The van der Waals surface area contributed by atoms with Crippen molar-refractivity contribution in [1.29, 1.82) is 0 Å². The van der Waals surface area contributed by atoms with Gasteiger partial charge in [-0.15, -0.1) is 11.3 Å². The number of ether oxygens (including phenoxy) is 2. The number of aromatic nitrogens is 5. The lowest BCUT2D eigenvalue weighted by Crippen LogP contribution is -2.19. The molecule has 0 spiro atoms. The first kappa shape index (κ1) is 21.8. The Morgan fingerprint density at radius 2 is 2.15 bits per heavy atom. The summed E-state index contributed by atoms with van der Waals surface area (Å²) < 4.78 is 14.3. The first-order valence-corrected chi connectivity index (χ1v) is 12.7. The van der Waals surface area contributed by atoms with Gasteiger partial charge in [0.2, 0.25) is 5.88 Å². The highest BCUT2D eigenvalue weighted by molar-refractivity contribution is 7.11. The molecule has 3 aromatic heterocycles. The maximum atomic E-state index is 6.78. The second-order valence-corrected chi connectivity index (χ2v) is 10.9. The number of imidazole rings is 1. The molecule has 2 fully saturated rings. The van der Waals surface area contributed by atoms with Crippen LogP contribution in [0.25, 0.3) is 22.6 Å². The summed E-state index contributed by atoms with van der Waals surface area (Å²) >= 11 is 8.44. The molecular formula is C24H25ClN6O2S. The number of benzene rings is 1. The summed E-state index contributed by atoms with van der Waals surface area (Å²) in [5.41, 5.74) is 1.95. The molecule has 0 radical (unpaired) electrons. The van der Waals surface area contributed by atoms with Gasteiger partial charge in [0.25, 0.3) is 0 Å². The van der Waals surface area contributed by atoms with Crippen molar-refractivity contribution in [3.63, 3.8) is 0 Å². The second kappa shape index (κ2) is 8.48. The zero-order valence-corrected chi connectivity index (χ0v) is 20.6. The fourth-order valence-electron chi connectivity index (χ4n) is 4.14. The number of fused-ring (bicyclic) bond motifs is 1. The summed E-state index contributed by atoms with van der Waals surface area (Å²) in [5, 5.41) is 4.86. The van der Waals surface area contributed by atoms with Gasteiger partial charge in [-0.2, -0.15) is 4.98 Å². The van der Waals surface area contributed by atoms with Gasteiger partial charge in [0.1, 0.15) is 34.6 Å². The van der Waals surface area contributed by atoms with Crippen molar-refractivity contribution in [1.82, 2.24) is 29.8 Å². The molecule has 34 heavy (non-hydrogen) atoms. The van der Waals surface area contributed by atoms with E-state index in [2.05, 4.69) is 27.2 Å². The van der Waals surface area contributed by atoms with Gasteiger partial charge >= 0.3 is 0 Å². The third-order valence-corrected chi connectivity index (χ3v) is 7.47. The highest BCUT2D eigenvalue weighted by atomic mass is 35.5. The zero-order chi connectivity index (χ0) is 23.3. The van der Waals surface area contributed by atoms with Crippen LogP contribution >= 0.6 is 22.9 Å². The Morgan fingerprint density at radius 1 is 1.26 bits per heavy atom. The summed E-state index contributed by atoms with van der Waals surface area (Å²) in [5.74, 6) is 1.96. The van der Waals surface area contributed by atoms with Crippen LogP contribution in [0.2, 0.25) is 5.02 Å². The van der Waals surface area contributed by atoms with Gasteiger partial charge in [0.05, 0.1) is 11.6 Å². The normalized spacial score (nSPS) is 19.0. The molecule has 0 amide bonds. The molecular weight excluding hydrogens is 472 g/mol. The predicted octanol–water partition coefficient (Wildman–Crippen LogP) is 4.63. The molecule has 0 unspecified atom stereocenters. The van der Waals surface area contributed by atoms with Crippen molar-refractivity contribution in [3.05, 3.63) is 45.6 Å². The maximum Gasteiger partial charge on any atom is 0.245 e. The van der Waals surface area contributed by atoms with Crippen molar-refractivity contribution in [2.45, 2.75) is 51.4 Å². The fourth-order valence-corrected chi connectivity index (χ4v) is 5.17. The molecule has 1 N–H and O–H groups in total. The minimum Gasteiger partial charge on any atom is -0.489 e. The molecule has 1 aliphatic carbocycles. The number of hydrogen-bond donors (Lipinski definition) is 1. The molecule has 10 heteroatoms. The predicted molar refractivity (Wildman–Crippen MR) is 132 cm³/mol. The Kier molecular flexibility index (Phi) is 5.43. The monoisotopic (exact) mass is 496 g/mol. The topological polar surface area (TPSA) is 87.0 Å². The van der Waals surface area contributed by atoms with Crippen molar-refractivity contribution in [2.75, 3.05) is 13.1 Å². The van der Waals surface area contributed by atoms with E-state index in [1.54, 1.807) is 11.3 Å². The molecule has 8 nitrogen and oxygen atoms in total. The SMILES string of the molecule is Cc1cnc(Cn2c(-c3ccc(O[C@H]4CCNC4)cc3Cl)nc3c(OC4(C)CC4)ncnc32)s1. The van der Waals surface area contributed by atoms with E-state index in [1.807, 2.05) is 35.9 Å². The van der Waals surface area contributed by atoms with Gasteiger partial charge in [-0.1, -0.05) is 11.6 Å². The Hall–Kier alpha value is -2.75. The average Bonchev–Trinajstić information content (AvgIpc) is 3.19. The van der Waals surface area contributed by atoms with Crippen molar-refractivity contribution in [3.8, 4) is 23.0 Å². The van der Waals surface area contributed by atoms with Crippen molar-refractivity contribution in [2.24, 2.45) is 0 Å². The number of halogens is 1. The van der Waals surface area contributed by atoms with Gasteiger partial charge < -0.3 is 19.4 Å². The van der Waals surface area contributed by atoms with Gasteiger partial charge in [0.15, 0.2) is 11.2 Å². The average molecular weight is 497 g/mol. The standard InChI is InChI=1S/C24H25ClN6O2S/c1-14-10-27-19(34-14)12-31-21(17-4-3-15(9-18(17)25)32-16-5-8-26-11-16)30-20-22(31)28-13-29-23(20)33-24(2)6-7-24/h3-4,9-10,13,16,26H,5-8,11-12H2,1-2H3/t16-/m0/s1. The van der Waals surface area contributed by atoms with Crippen molar-refractivity contribution >= 4 is 34.1 Å². The van der Waals surface area contributed by atoms with Crippen LogP contribution in [0.5, 0.6) is 11.6 Å². The number of nitrogens with zero attached hydrogens (tertiary/aromatic N) is 5. The number of aryl methyl sites for hydroxylation is 1. The molecule has 176 valence electrons. The third kappa shape index (κ3) is 4.23. The molecule has 1 aliphatic heterocycles. The van der Waals surface area contributed by atoms with Crippen LogP contribution in [-0.4, -0.2) is 49.3 Å². The first-order valence-electron chi connectivity index (χ1n) is 11.5. The van der Waals surface area contributed by atoms with Crippen LogP contribution in [0, 0.1) is 6.92 Å². The summed E-state index contributed by atoms with van der Waals surface area (Å²) in [6, 6.07) is 5.77. The van der Waals surface area contributed by atoms with E-state index in [4.69, 9.17) is 26.1 Å². The van der Waals surface area contributed by atoms with E-state index < -0.39 is 0 Å². The summed E-state index contributed by atoms with van der Waals surface area (Å²) in [4.78, 5) is 19.6.